The molecule has 3 aromatic carbocycles. The van der Waals surface area contributed by atoms with E-state index in [2.05, 4.69) is 0 Å². The van der Waals surface area contributed by atoms with Gasteiger partial charge in [-0.05, 0) is 47.5 Å². The van der Waals surface area contributed by atoms with E-state index in [-0.39, 0.29) is 0 Å². The number of nitrogen functional groups attached to an aromatic ring is 1. The first kappa shape index (κ1) is 13.5. The number of halogens is 1. The van der Waals surface area contributed by atoms with E-state index in [4.69, 9.17) is 22.1 Å². The van der Waals surface area contributed by atoms with Crippen molar-refractivity contribution >= 4 is 17.3 Å². The molecule has 2 N–H and O–H groups in total. The lowest BCUT2D eigenvalue weighted by molar-refractivity contribution is 0.483. The second-order valence-corrected chi connectivity index (χ2v) is 5.08. The minimum absolute atomic E-state index is 0.567. The molecule has 3 aromatic rings. The largest absolute Gasteiger partial charge is 0.457 e. The lowest BCUT2D eigenvalue weighted by Gasteiger charge is -2.08. The molecule has 0 aliphatic heterocycles. The summed E-state index contributed by atoms with van der Waals surface area (Å²) in [6, 6.07) is 23.2. The van der Waals surface area contributed by atoms with E-state index in [1.165, 1.54) is 0 Å². The number of hydrogen-bond acceptors (Lipinski definition) is 2. The third kappa shape index (κ3) is 3.18. The maximum atomic E-state index is 6.05. The van der Waals surface area contributed by atoms with Crippen LogP contribution in [0.5, 0.6) is 11.5 Å². The van der Waals surface area contributed by atoms with Gasteiger partial charge in [0.2, 0.25) is 0 Å². The predicted octanol–water partition coefficient (Wildman–Crippen LogP) is 5.38. The van der Waals surface area contributed by atoms with Crippen LogP contribution in [-0.4, -0.2) is 0 Å². The molecule has 0 aromatic heterocycles. The first-order valence-corrected chi connectivity index (χ1v) is 6.98. The van der Waals surface area contributed by atoms with E-state index in [1.54, 1.807) is 0 Å². The number of para-hydroxylation sites is 1. The highest BCUT2D eigenvalue weighted by atomic mass is 35.5. The summed E-state index contributed by atoms with van der Waals surface area (Å²) in [5, 5.41) is 0.567. The molecule has 0 saturated carbocycles. The highest BCUT2D eigenvalue weighted by Crippen LogP contribution is 2.29. The number of nitrogens with two attached hydrogens (primary N) is 1. The van der Waals surface area contributed by atoms with Gasteiger partial charge in [0.25, 0.3) is 0 Å². The summed E-state index contributed by atoms with van der Waals surface area (Å²) in [4.78, 5) is 0. The van der Waals surface area contributed by atoms with Crippen molar-refractivity contribution in [3.05, 3.63) is 77.8 Å². The Balaban J connectivity index is 1.82. The van der Waals surface area contributed by atoms with Crippen molar-refractivity contribution in [2.75, 3.05) is 5.73 Å². The fourth-order valence-corrected chi connectivity index (χ4v) is 2.23. The van der Waals surface area contributed by atoms with E-state index in [9.17, 15) is 0 Å². The van der Waals surface area contributed by atoms with Crippen LogP contribution in [0.3, 0.4) is 0 Å². The second kappa shape index (κ2) is 5.90. The number of hydrogen-bond donors (Lipinski definition) is 1. The molecule has 2 nitrogen and oxygen atoms in total. The van der Waals surface area contributed by atoms with Crippen LogP contribution < -0.4 is 10.5 Å². The molecule has 0 bridgehead atoms. The summed E-state index contributed by atoms with van der Waals surface area (Å²) in [6.07, 6.45) is 0. The Hall–Kier alpha value is -2.45. The van der Waals surface area contributed by atoms with Gasteiger partial charge in [0.05, 0.1) is 10.7 Å². The molecule has 3 rings (SSSR count). The average Bonchev–Trinajstić information content (AvgIpc) is 2.52. The normalized spacial score (nSPS) is 10.3. The van der Waals surface area contributed by atoms with Crippen molar-refractivity contribution in [1.82, 2.24) is 0 Å². The van der Waals surface area contributed by atoms with Crippen LogP contribution in [-0.2, 0) is 0 Å². The molecular weight excluding hydrogens is 282 g/mol. The van der Waals surface area contributed by atoms with Gasteiger partial charge in [-0.3, -0.25) is 0 Å². The van der Waals surface area contributed by atoms with Gasteiger partial charge in [0, 0.05) is 0 Å². The Morgan fingerprint density at radius 1 is 0.714 bits per heavy atom. The van der Waals surface area contributed by atoms with Gasteiger partial charge in [-0.15, -0.1) is 0 Å². The number of anilines is 1. The third-order valence-electron chi connectivity index (χ3n) is 3.17. The molecule has 104 valence electrons. The first-order chi connectivity index (χ1) is 10.2. The fourth-order valence-electron chi connectivity index (χ4n) is 2.05. The van der Waals surface area contributed by atoms with Crippen LogP contribution in [0.4, 0.5) is 5.69 Å². The van der Waals surface area contributed by atoms with E-state index < -0.39 is 0 Å². The van der Waals surface area contributed by atoms with Crippen molar-refractivity contribution in [2.45, 2.75) is 0 Å². The van der Waals surface area contributed by atoms with Gasteiger partial charge in [-0.1, -0.05) is 48.0 Å². The van der Waals surface area contributed by atoms with Gasteiger partial charge in [-0.25, -0.2) is 0 Å². The number of benzene rings is 3. The Labute approximate surface area is 128 Å². The lowest BCUT2D eigenvalue weighted by atomic mass is 10.1. The molecule has 0 atom stereocenters. The predicted molar refractivity (Wildman–Crippen MR) is 87.8 cm³/mol. The van der Waals surface area contributed by atoms with Crippen molar-refractivity contribution in [3.63, 3.8) is 0 Å². The Bertz CT molecular complexity index is 739. The highest BCUT2D eigenvalue weighted by Gasteiger charge is 2.02. The van der Waals surface area contributed by atoms with Gasteiger partial charge in [-0.2, -0.15) is 0 Å². The maximum Gasteiger partial charge on any atom is 0.127 e. The van der Waals surface area contributed by atoms with Crippen LogP contribution in [0.25, 0.3) is 11.1 Å². The van der Waals surface area contributed by atoms with Crippen LogP contribution >= 0.6 is 11.6 Å². The molecular formula is C18H14ClNO. The van der Waals surface area contributed by atoms with E-state index in [0.29, 0.717) is 10.7 Å². The maximum absolute atomic E-state index is 6.05. The SMILES string of the molecule is Nc1ccc(-c2ccc(Oc3ccccc3)cc2)cc1Cl. The molecule has 0 radical (unpaired) electrons. The number of rotatable bonds is 3. The Morgan fingerprint density at radius 2 is 1.33 bits per heavy atom. The van der Waals surface area contributed by atoms with E-state index in [0.717, 1.165) is 22.6 Å². The fraction of sp³-hybridized carbons (Fsp3) is 0. The topological polar surface area (TPSA) is 35.2 Å². The van der Waals surface area contributed by atoms with Gasteiger partial charge in [0.1, 0.15) is 11.5 Å². The van der Waals surface area contributed by atoms with E-state index in [1.807, 2.05) is 72.8 Å². The van der Waals surface area contributed by atoms with Crippen molar-refractivity contribution in [1.29, 1.82) is 0 Å². The molecule has 0 amide bonds. The quantitative estimate of drug-likeness (QED) is 0.658. The molecule has 3 heteroatoms. The van der Waals surface area contributed by atoms with Crippen LogP contribution in [0.1, 0.15) is 0 Å². The van der Waals surface area contributed by atoms with Gasteiger partial charge < -0.3 is 10.5 Å². The van der Waals surface area contributed by atoms with Crippen LogP contribution in [0, 0.1) is 0 Å². The Kier molecular flexibility index (Phi) is 3.80. The zero-order valence-corrected chi connectivity index (χ0v) is 12.0. The second-order valence-electron chi connectivity index (χ2n) is 4.68. The molecule has 0 aliphatic carbocycles. The van der Waals surface area contributed by atoms with Crippen molar-refractivity contribution in [2.24, 2.45) is 0 Å². The molecule has 0 unspecified atom stereocenters. The third-order valence-corrected chi connectivity index (χ3v) is 3.49. The standard InChI is InChI=1S/C18H14ClNO/c19-17-12-14(8-11-18(17)20)13-6-9-16(10-7-13)21-15-4-2-1-3-5-15/h1-12H,20H2. The van der Waals surface area contributed by atoms with Gasteiger partial charge >= 0.3 is 0 Å². The minimum Gasteiger partial charge on any atom is -0.457 e. The van der Waals surface area contributed by atoms with Crippen LogP contribution in [0.2, 0.25) is 5.02 Å². The summed E-state index contributed by atoms with van der Waals surface area (Å²) in [5.41, 5.74) is 8.41. The molecule has 0 fully saturated rings. The minimum atomic E-state index is 0.567. The monoisotopic (exact) mass is 295 g/mol. The molecule has 0 spiro atoms. The number of ether oxygens (including phenoxy) is 1. The van der Waals surface area contributed by atoms with Crippen molar-refractivity contribution < 1.29 is 4.74 Å². The van der Waals surface area contributed by atoms with Crippen molar-refractivity contribution in [3.8, 4) is 22.6 Å². The average molecular weight is 296 g/mol. The van der Waals surface area contributed by atoms with Crippen LogP contribution in [0.15, 0.2) is 72.8 Å². The molecule has 21 heavy (non-hydrogen) atoms. The summed E-state index contributed by atoms with van der Waals surface area (Å²) in [5.74, 6) is 1.62. The van der Waals surface area contributed by atoms with Gasteiger partial charge in [0.15, 0.2) is 0 Å². The summed E-state index contributed by atoms with van der Waals surface area (Å²) in [6.45, 7) is 0. The smallest absolute Gasteiger partial charge is 0.127 e. The highest BCUT2D eigenvalue weighted by molar-refractivity contribution is 6.33. The lowest BCUT2D eigenvalue weighted by Crippen LogP contribution is -1.87. The zero-order chi connectivity index (χ0) is 14.7. The summed E-state index contributed by atoms with van der Waals surface area (Å²) in [7, 11) is 0. The molecule has 0 heterocycles. The zero-order valence-electron chi connectivity index (χ0n) is 11.3. The summed E-state index contributed by atoms with van der Waals surface area (Å²) >= 11 is 6.05. The van der Waals surface area contributed by atoms with E-state index >= 15 is 0 Å². The summed E-state index contributed by atoms with van der Waals surface area (Å²) < 4.78 is 5.77. The molecule has 0 aliphatic rings. The first-order valence-electron chi connectivity index (χ1n) is 6.61. The Morgan fingerprint density at radius 3 is 2.00 bits per heavy atom. The molecule has 0 saturated heterocycles.